The fourth-order valence-electron chi connectivity index (χ4n) is 3.05. The highest BCUT2D eigenvalue weighted by atomic mass is 16.5. The van der Waals surface area contributed by atoms with Gasteiger partial charge in [-0.3, -0.25) is 0 Å². The summed E-state index contributed by atoms with van der Waals surface area (Å²) >= 11 is 0. The van der Waals surface area contributed by atoms with E-state index in [0.29, 0.717) is 6.61 Å². The van der Waals surface area contributed by atoms with Gasteiger partial charge in [-0.15, -0.1) is 0 Å². The standard InChI is InChI=1S/C19H25N3O3/c1-15-13-21(2)10-4-11-22(15)19(23)20-16-6-8-17(9-7-16)25-14-18-5-3-12-24-18/h3,5-9,12,15H,4,10-11,13-14H2,1-2H3,(H,20,23)/t15-/m1/s1. The molecule has 2 aromatic rings. The highest BCUT2D eigenvalue weighted by Crippen LogP contribution is 2.18. The lowest BCUT2D eigenvalue weighted by atomic mass is 10.2. The molecule has 2 heterocycles. The van der Waals surface area contributed by atoms with Gasteiger partial charge in [0.2, 0.25) is 0 Å². The second-order valence-corrected chi connectivity index (χ2v) is 6.48. The van der Waals surface area contributed by atoms with E-state index in [1.165, 1.54) is 0 Å². The summed E-state index contributed by atoms with van der Waals surface area (Å²) in [5.74, 6) is 1.51. The van der Waals surface area contributed by atoms with Gasteiger partial charge in [0.15, 0.2) is 0 Å². The molecule has 1 aromatic carbocycles. The van der Waals surface area contributed by atoms with E-state index >= 15 is 0 Å². The molecular formula is C19H25N3O3. The third-order valence-electron chi connectivity index (χ3n) is 4.37. The Labute approximate surface area is 148 Å². The van der Waals surface area contributed by atoms with Crippen LogP contribution in [0.2, 0.25) is 0 Å². The van der Waals surface area contributed by atoms with Crippen LogP contribution in [-0.4, -0.2) is 48.6 Å². The average Bonchev–Trinajstić information content (AvgIpc) is 3.05. The molecular weight excluding hydrogens is 318 g/mol. The van der Waals surface area contributed by atoms with Crippen molar-refractivity contribution < 1.29 is 13.9 Å². The Bertz CT molecular complexity index is 670. The third kappa shape index (κ3) is 4.76. The van der Waals surface area contributed by atoms with E-state index in [1.54, 1.807) is 6.26 Å². The van der Waals surface area contributed by atoms with Gasteiger partial charge in [0.25, 0.3) is 0 Å². The summed E-state index contributed by atoms with van der Waals surface area (Å²) in [6.45, 7) is 5.18. The van der Waals surface area contributed by atoms with Crippen molar-refractivity contribution in [2.24, 2.45) is 0 Å². The zero-order chi connectivity index (χ0) is 17.6. The minimum atomic E-state index is -0.0490. The normalized spacial score (nSPS) is 18.6. The molecule has 1 fully saturated rings. The van der Waals surface area contributed by atoms with Gasteiger partial charge in [0, 0.05) is 24.8 Å². The molecule has 1 aliphatic heterocycles. The Morgan fingerprint density at radius 3 is 2.80 bits per heavy atom. The topological polar surface area (TPSA) is 58.0 Å². The van der Waals surface area contributed by atoms with E-state index < -0.39 is 0 Å². The first-order chi connectivity index (χ1) is 12.1. The van der Waals surface area contributed by atoms with E-state index in [4.69, 9.17) is 9.15 Å². The molecule has 0 spiro atoms. The highest BCUT2D eigenvalue weighted by molar-refractivity contribution is 5.89. The van der Waals surface area contributed by atoms with Crippen LogP contribution < -0.4 is 10.1 Å². The number of anilines is 1. The molecule has 1 aliphatic rings. The van der Waals surface area contributed by atoms with E-state index in [0.717, 1.165) is 43.3 Å². The number of hydrogen-bond acceptors (Lipinski definition) is 4. The summed E-state index contributed by atoms with van der Waals surface area (Å²) in [6.07, 6.45) is 2.62. The lowest BCUT2D eigenvalue weighted by Crippen LogP contribution is -2.44. The Morgan fingerprint density at radius 2 is 2.08 bits per heavy atom. The molecule has 0 bridgehead atoms. The Morgan fingerprint density at radius 1 is 1.28 bits per heavy atom. The molecule has 1 N–H and O–H groups in total. The molecule has 1 saturated heterocycles. The van der Waals surface area contributed by atoms with Gasteiger partial charge in [0.05, 0.1) is 6.26 Å². The molecule has 25 heavy (non-hydrogen) atoms. The lowest BCUT2D eigenvalue weighted by Gasteiger charge is -2.28. The van der Waals surface area contributed by atoms with Crippen LogP contribution in [-0.2, 0) is 6.61 Å². The van der Waals surface area contributed by atoms with Crippen LogP contribution in [0, 0.1) is 0 Å². The van der Waals surface area contributed by atoms with Crippen LogP contribution in [0.15, 0.2) is 47.1 Å². The minimum absolute atomic E-state index is 0.0490. The molecule has 2 amide bonds. The lowest BCUT2D eigenvalue weighted by molar-refractivity contribution is 0.190. The zero-order valence-corrected chi connectivity index (χ0v) is 14.8. The maximum Gasteiger partial charge on any atom is 0.322 e. The fourth-order valence-corrected chi connectivity index (χ4v) is 3.05. The maximum absolute atomic E-state index is 12.6. The smallest absolute Gasteiger partial charge is 0.322 e. The minimum Gasteiger partial charge on any atom is -0.486 e. The Hall–Kier alpha value is -2.47. The number of carbonyl (C=O) groups is 1. The summed E-state index contributed by atoms with van der Waals surface area (Å²) in [5, 5.41) is 2.98. The summed E-state index contributed by atoms with van der Waals surface area (Å²) in [7, 11) is 2.10. The molecule has 1 aromatic heterocycles. The largest absolute Gasteiger partial charge is 0.486 e. The number of nitrogens with one attached hydrogen (secondary N) is 1. The van der Waals surface area contributed by atoms with Crippen LogP contribution in [0.4, 0.5) is 10.5 Å². The molecule has 6 nitrogen and oxygen atoms in total. The van der Waals surface area contributed by atoms with Gasteiger partial charge >= 0.3 is 6.03 Å². The van der Waals surface area contributed by atoms with E-state index in [-0.39, 0.29) is 12.1 Å². The van der Waals surface area contributed by atoms with Gasteiger partial charge in [-0.1, -0.05) is 0 Å². The number of rotatable bonds is 4. The van der Waals surface area contributed by atoms with Crippen molar-refractivity contribution in [2.75, 3.05) is 32.0 Å². The van der Waals surface area contributed by atoms with Crippen LogP contribution in [0.3, 0.4) is 0 Å². The van der Waals surface area contributed by atoms with E-state index in [2.05, 4.69) is 24.2 Å². The summed E-state index contributed by atoms with van der Waals surface area (Å²) in [6, 6.07) is 11.2. The van der Waals surface area contributed by atoms with Gasteiger partial charge in [0.1, 0.15) is 18.1 Å². The number of furan rings is 1. The predicted octanol–water partition coefficient (Wildman–Crippen LogP) is 3.42. The van der Waals surface area contributed by atoms with Crippen molar-refractivity contribution in [3.8, 4) is 5.75 Å². The summed E-state index contributed by atoms with van der Waals surface area (Å²) in [5.41, 5.74) is 0.764. The summed E-state index contributed by atoms with van der Waals surface area (Å²) in [4.78, 5) is 16.7. The van der Waals surface area contributed by atoms with Gasteiger partial charge in [-0.05, 0) is 63.3 Å². The number of nitrogens with zero attached hydrogens (tertiary/aromatic N) is 2. The van der Waals surface area contributed by atoms with Gasteiger partial charge < -0.3 is 24.3 Å². The third-order valence-corrected chi connectivity index (χ3v) is 4.37. The van der Waals surface area contributed by atoms with Gasteiger partial charge in [-0.2, -0.15) is 0 Å². The molecule has 134 valence electrons. The van der Waals surface area contributed by atoms with E-state index in [1.807, 2.05) is 41.3 Å². The Kier molecular flexibility index (Phi) is 5.60. The predicted molar refractivity (Wildman–Crippen MR) is 96.8 cm³/mol. The molecule has 0 aliphatic carbocycles. The van der Waals surface area contributed by atoms with Crippen molar-refractivity contribution in [3.63, 3.8) is 0 Å². The first kappa shape index (κ1) is 17.4. The number of urea groups is 1. The van der Waals surface area contributed by atoms with Crippen molar-refractivity contribution in [2.45, 2.75) is 26.0 Å². The average molecular weight is 343 g/mol. The van der Waals surface area contributed by atoms with E-state index in [9.17, 15) is 4.79 Å². The second-order valence-electron chi connectivity index (χ2n) is 6.48. The van der Waals surface area contributed by atoms with Crippen LogP contribution in [0.25, 0.3) is 0 Å². The number of amides is 2. The molecule has 0 radical (unpaired) electrons. The first-order valence-corrected chi connectivity index (χ1v) is 8.63. The van der Waals surface area contributed by atoms with Crippen molar-refractivity contribution >= 4 is 11.7 Å². The Balaban J connectivity index is 1.54. The zero-order valence-electron chi connectivity index (χ0n) is 14.8. The number of carbonyl (C=O) groups excluding carboxylic acids is 1. The molecule has 1 atom stereocenters. The van der Waals surface area contributed by atoms with Crippen LogP contribution in [0.1, 0.15) is 19.1 Å². The number of ether oxygens (including phenoxy) is 1. The molecule has 3 rings (SSSR count). The molecule has 0 saturated carbocycles. The first-order valence-electron chi connectivity index (χ1n) is 8.63. The maximum atomic E-state index is 12.6. The van der Waals surface area contributed by atoms with Crippen LogP contribution in [0.5, 0.6) is 5.75 Å². The van der Waals surface area contributed by atoms with Crippen LogP contribution >= 0.6 is 0 Å². The molecule has 0 unspecified atom stereocenters. The van der Waals surface area contributed by atoms with Crippen molar-refractivity contribution in [1.29, 1.82) is 0 Å². The highest BCUT2D eigenvalue weighted by Gasteiger charge is 2.23. The second kappa shape index (κ2) is 8.07. The number of benzene rings is 1. The van der Waals surface area contributed by atoms with Gasteiger partial charge in [-0.25, -0.2) is 4.79 Å². The SMILES string of the molecule is C[C@@H]1CN(C)CCCN1C(=O)Nc1ccc(OCc2ccco2)cc1. The monoisotopic (exact) mass is 343 g/mol. The van der Waals surface area contributed by atoms with Crippen molar-refractivity contribution in [1.82, 2.24) is 9.80 Å². The fraction of sp³-hybridized carbons (Fsp3) is 0.421. The van der Waals surface area contributed by atoms with Crippen molar-refractivity contribution in [3.05, 3.63) is 48.4 Å². The number of likely N-dealkylation sites (N-methyl/N-ethyl adjacent to an activating group) is 1. The quantitative estimate of drug-likeness (QED) is 0.924. The number of hydrogen-bond donors (Lipinski definition) is 1. The molecule has 6 heteroatoms. The summed E-state index contributed by atoms with van der Waals surface area (Å²) < 4.78 is 10.9.